The van der Waals surface area contributed by atoms with E-state index in [9.17, 15) is 0 Å². The largest absolute Gasteiger partial charge is 0.309 e. The first-order chi connectivity index (χ1) is 49.6. The van der Waals surface area contributed by atoms with Gasteiger partial charge in [0.1, 0.15) is 0 Å². The quantitative estimate of drug-likeness (QED) is 0.130. The molecular weight excluding hydrogens is 1210 g/mol. The average Bonchev–Trinajstić information content (AvgIpc) is 1.60. The molecule has 0 atom stereocenters. The molecule has 468 valence electrons. The van der Waals surface area contributed by atoms with Crippen molar-refractivity contribution in [3.05, 3.63) is 388 Å². The first kappa shape index (κ1) is 58.1. The minimum Gasteiger partial charge on any atom is -0.309 e. The van der Waals surface area contributed by atoms with Crippen LogP contribution < -0.4 is 0 Å². The summed E-state index contributed by atoms with van der Waals surface area (Å²) in [6.45, 7) is 0. The van der Waals surface area contributed by atoms with Crippen molar-refractivity contribution in [1.82, 2.24) is 18.3 Å². The summed E-state index contributed by atoms with van der Waals surface area (Å²) in [5, 5.41) is 10.1. The molecule has 0 saturated carbocycles. The molecule has 4 nitrogen and oxygen atoms in total. The third-order valence-electron chi connectivity index (χ3n) is 20.3. The minimum atomic E-state index is 1.15. The Balaban J connectivity index is 0.000000139. The number of aromatic nitrogens is 4. The van der Waals surface area contributed by atoms with Crippen molar-refractivity contribution < 1.29 is 0 Å². The van der Waals surface area contributed by atoms with Crippen LogP contribution in [0.15, 0.2) is 388 Å². The first-order valence-corrected chi connectivity index (χ1v) is 34.4. The number of hydrogen-bond donors (Lipinski definition) is 0. The third-order valence-corrected chi connectivity index (χ3v) is 20.3. The van der Waals surface area contributed by atoms with E-state index in [4.69, 9.17) is 0 Å². The summed E-state index contributed by atoms with van der Waals surface area (Å²) in [7, 11) is 0. The van der Waals surface area contributed by atoms with E-state index in [1.807, 2.05) is 0 Å². The summed E-state index contributed by atoms with van der Waals surface area (Å²) in [6, 6.07) is 141. The van der Waals surface area contributed by atoms with Crippen LogP contribution in [0.25, 0.3) is 177 Å². The highest BCUT2D eigenvalue weighted by Gasteiger charge is 2.20. The highest BCUT2D eigenvalue weighted by molar-refractivity contribution is 6.15. The Labute approximate surface area is 579 Å². The third kappa shape index (κ3) is 10.1. The fraction of sp³-hybridized carbons (Fsp3) is 0. The van der Waals surface area contributed by atoms with E-state index >= 15 is 0 Å². The molecule has 0 aliphatic heterocycles. The summed E-state index contributed by atoms with van der Waals surface area (Å²) < 4.78 is 9.54. The molecule has 0 amide bonds. The lowest BCUT2D eigenvalue weighted by Crippen LogP contribution is -1.94. The predicted octanol–water partition coefficient (Wildman–Crippen LogP) is 25.8. The maximum atomic E-state index is 2.40. The molecule has 0 bridgehead atoms. The summed E-state index contributed by atoms with van der Waals surface area (Å²) in [5.41, 5.74) is 29.0. The molecule has 20 aromatic rings. The van der Waals surface area contributed by atoms with E-state index in [1.54, 1.807) is 0 Å². The standard InChI is InChI=1S/2C48H32N2/c1-3-12-33(13-4-1)35-14-11-15-36(30-35)34-22-26-40(27-23-34)50-46-21-10-8-19-42(46)44-32-38(25-29-48(44)50)37-24-28-47-43(31-37)41-18-7-9-20-45(41)49(47)39-16-5-2-6-17-39;1-3-11-33(12-4-1)34-19-21-35(22-20-34)36-23-27-40(28-24-36)50-46-18-10-8-16-42(46)44-32-38(26-30-48(44)50)37-25-29-47-43(31-37)41-15-7-9-17-45(41)49(47)39-13-5-2-6-14-39/h2*1-32H. The Kier molecular flexibility index (Phi) is 14.2. The van der Waals surface area contributed by atoms with Crippen LogP contribution in [-0.2, 0) is 0 Å². The van der Waals surface area contributed by atoms with E-state index in [0.717, 1.165) is 11.4 Å². The molecule has 0 radical (unpaired) electrons. The van der Waals surface area contributed by atoms with E-state index < -0.39 is 0 Å². The van der Waals surface area contributed by atoms with Crippen molar-refractivity contribution >= 4 is 87.2 Å². The summed E-state index contributed by atoms with van der Waals surface area (Å²) >= 11 is 0. The molecule has 16 aromatic carbocycles. The van der Waals surface area contributed by atoms with Crippen LogP contribution in [0, 0.1) is 0 Å². The van der Waals surface area contributed by atoms with Crippen molar-refractivity contribution in [1.29, 1.82) is 0 Å². The van der Waals surface area contributed by atoms with Crippen LogP contribution in [0.4, 0.5) is 0 Å². The molecule has 0 aliphatic rings. The van der Waals surface area contributed by atoms with Crippen LogP contribution in [0.1, 0.15) is 0 Å². The molecule has 4 heterocycles. The summed E-state index contributed by atoms with van der Waals surface area (Å²) in [6.07, 6.45) is 0. The van der Waals surface area contributed by atoms with Gasteiger partial charge >= 0.3 is 0 Å². The molecule has 0 spiro atoms. The van der Waals surface area contributed by atoms with Gasteiger partial charge in [-0.25, -0.2) is 0 Å². The van der Waals surface area contributed by atoms with Gasteiger partial charge in [-0.05, 0) is 194 Å². The van der Waals surface area contributed by atoms with E-state index in [-0.39, 0.29) is 0 Å². The maximum Gasteiger partial charge on any atom is 0.0541 e. The Hall–Kier alpha value is -13.3. The molecule has 4 heteroatoms. The fourth-order valence-electron chi connectivity index (χ4n) is 15.5. The van der Waals surface area contributed by atoms with Gasteiger partial charge < -0.3 is 18.3 Å². The maximum absolute atomic E-state index is 2.40. The summed E-state index contributed by atoms with van der Waals surface area (Å²) in [5.74, 6) is 0. The summed E-state index contributed by atoms with van der Waals surface area (Å²) in [4.78, 5) is 0. The van der Waals surface area contributed by atoms with Gasteiger partial charge in [-0.1, -0.05) is 261 Å². The Morgan fingerprint density at radius 2 is 0.300 bits per heavy atom. The van der Waals surface area contributed by atoms with Gasteiger partial charge in [-0.3, -0.25) is 0 Å². The number of hydrogen-bond acceptors (Lipinski definition) is 0. The zero-order valence-corrected chi connectivity index (χ0v) is 54.7. The molecule has 0 fully saturated rings. The van der Waals surface area contributed by atoms with Gasteiger partial charge in [0, 0.05) is 65.8 Å². The van der Waals surface area contributed by atoms with E-state index in [2.05, 4.69) is 407 Å². The van der Waals surface area contributed by atoms with Crippen LogP contribution in [0.3, 0.4) is 0 Å². The monoisotopic (exact) mass is 1270 g/mol. The van der Waals surface area contributed by atoms with Gasteiger partial charge in [-0.15, -0.1) is 0 Å². The van der Waals surface area contributed by atoms with Gasteiger partial charge in [0.25, 0.3) is 0 Å². The number of rotatable bonds is 10. The molecule has 0 unspecified atom stereocenters. The van der Waals surface area contributed by atoms with Gasteiger partial charge in [0.15, 0.2) is 0 Å². The van der Waals surface area contributed by atoms with Crippen molar-refractivity contribution in [2.45, 2.75) is 0 Å². The van der Waals surface area contributed by atoms with Gasteiger partial charge in [0.2, 0.25) is 0 Å². The second-order valence-electron chi connectivity index (χ2n) is 26.0. The number of fused-ring (bicyclic) bond motifs is 12. The van der Waals surface area contributed by atoms with Crippen molar-refractivity contribution in [2.75, 3.05) is 0 Å². The highest BCUT2D eigenvalue weighted by Crippen LogP contribution is 2.42. The number of para-hydroxylation sites is 6. The number of benzene rings is 16. The van der Waals surface area contributed by atoms with Crippen molar-refractivity contribution in [3.8, 4) is 89.5 Å². The normalized spacial score (nSPS) is 11.6. The SMILES string of the molecule is c1ccc(-c2ccc(-c3ccc(-n4c5ccccc5c5cc(-c6ccc7c(c6)c6ccccc6n7-c6ccccc6)ccc54)cc3)cc2)cc1.c1ccc(-c2cccc(-c3ccc(-n4c5ccccc5c5cc(-c6ccc7c(c6)c6ccccc6n7-c6ccccc6)ccc54)cc3)c2)cc1. The molecule has 100 heavy (non-hydrogen) atoms. The zero-order chi connectivity index (χ0) is 66.0. The lowest BCUT2D eigenvalue weighted by molar-refractivity contribution is 1.18. The van der Waals surface area contributed by atoms with Crippen LogP contribution >= 0.6 is 0 Å². The molecule has 4 aromatic heterocycles. The van der Waals surface area contributed by atoms with Crippen molar-refractivity contribution in [2.24, 2.45) is 0 Å². The van der Waals surface area contributed by atoms with Crippen molar-refractivity contribution in [3.63, 3.8) is 0 Å². The molecular formula is C96H64N4. The Morgan fingerprint density at radius 1 is 0.110 bits per heavy atom. The zero-order valence-electron chi connectivity index (χ0n) is 54.7. The Morgan fingerprint density at radius 3 is 0.610 bits per heavy atom. The lowest BCUT2D eigenvalue weighted by atomic mass is 9.99. The van der Waals surface area contributed by atoms with Crippen LogP contribution in [0.5, 0.6) is 0 Å². The van der Waals surface area contributed by atoms with Crippen LogP contribution in [-0.4, -0.2) is 18.3 Å². The van der Waals surface area contributed by atoms with E-state index in [0.29, 0.717) is 0 Å². The second kappa shape index (κ2) is 24.4. The molecule has 0 saturated heterocycles. The predicted molar refractivity (Wildman–Crippen MR) is 423 cm³/mol. The molecule has 0 aliphatic carbocycles. The smallest absolute Gasteiger partial charge is 0.0541 e. The van der Waals surface area contributed by atoms with E-state index in [1.165, 1.54) is 165 Å². The van der Waals surface area contributed by atoms with Gasteiger partial charge in [0.05, 0.1) is 44.1 Å². The lowest BCUT2D eigenvalue weighted by Gasteiger charge is -2.11. The first-order valence-electron chi connectivity index (χ1n) is 34.4. The van der Waals surface area contributed by atoms with Gasteiger partial charge in [-0.2, -0.15) is 0 Å². The number of nitrogens with zero attached hydrogens (tertiary/aromatic N) is 4. The molecule has 0 N–H and O–H groups in total. The second-order valence-corrected chi connectivity index (χ2v) is 26.0. The Bertz CT molecular complexity index is 6450. The average molecular weight is 1270 g/mol. The fourth-order valence-corrected chi connectivity index (χ4v) is 15.5. The highest BCUT2D eigenvalue weighted by atomic mass is 15.0. The topological polar surface area (TPSA) is 19.7 Å². The molecule has 20 rings (SSSR count). The minimum absolute atomic E-state index is 1.15. The van der Waals surface area contributed by atoms with Crippen LogP contribution in [0.2, 0.25) is 0 Å².